The molecule has 1 unspecified atom stereocenters. The number of nitrogens with one attached hydrogen (secondary N) is 2. The van der Waals surface area contributed by atoms with E-state index in [1.165, 1.54) is 0 Å². The molecular weight excluding hydrogens is 260 g/mol. The van der Waals surface area contributed by atoms with Crippen LogP contribution in [0.1, 0.15) is 17.5 Å². The monoisotopic (exact) mass is 280 g/mol. The lowest BCUT2D eigenvalue weighted by molar-refractivity contribution is 0.0706. The van der Waals surface area contributed by atoms with Gasteiger partial charge < -0.3 is 15.7 Å². The van der Waals surface area contributed by atoms with Crippen molar-refractivity contribution >= 4 is 23.5 Å². The number of rotatable bonds is 3. The molecule has 1 aromatic rings. The number of amides is 2. The first-order valence-electron chi connectivity index (χ1n) is 6.40. The fraction of sp³-hybridized carbons (Fsp3) is 0.500. The molecule has 0 saturated carbocycles. The van der Waals surface area contributed by atoms with Gasteiger partial charge in [-0.3, -0.25) is 0 Å². The van der Waals surface area contributed by atoms with Crippen molar-refractivity contribution in [1.82, 2.24) is 5.32 Å². The molecule has 19 heavy (non-hydrogen) atoms. The molecule has 0 radical (unpaired) electrons. The average Bonchev–Trinajstić information content (AvgIpc) is 2.73. The van der Waals surface area contributed by atoms with Crippen LogP contribution in [-0.4, -0.2) is 34.8 Å². The summed E-state index contributed by atoms with van der Waals surface area (Å²) in [5, 5.41) is 15.7. The van der Waals surface area contributed by atoms with Gasteiger partial charge in [0.1, 0.15) is 0 Å². The second kappa shape index (κ2) is 5.84. The third-order valence-electron chi connectivity index (χ3n) is 3.14. The molecule has 0 aliphatic carbocycles. The number of thioether (sulfide) groups is 1. The number of benzene rings is 1. The van der Waals surface area contributed by atoms with E-state index in [1.54, 1.807) is 11.8 Å². The van der Waals surface area contributed by atoms with Crippen molar-refractivity contribution in [2.75, 3.05) is 23.4 Å². The van der Waals surface area contributed by atoms with Gasteiger partial charge >= 0.3 is 6.03 Å². The van der Waals surface area contributed by atoms with Crippen LogP contribution in [0.25, 0.3) is 0 Å². The van der Waals surface area contributed by atoms with Gasteiger partial charge in [0.05, 0.1) is 5.60 Å². The first-order chi connectivity index (χ1) is 8.97. The van der Waals surface area contributed by atoms with E-state index < -0.39 is 5.60 Å². The Balaban J connectivity index is 1.87. The Morgan fingerprint density at radius 3 is 2.63 bits per heavy atom. The van der Waals surface area contributed by atoms with Gasteiger partial charge in [-0.1, -0.05) is 6.07 Å². The third kappa shape index (κ3) is 4.14. The van der Waals surface area contributed by atoms with Gasteiger partial charge in [0.15, 0.2) is 0 Å². The van der Waals surface area contributed by atoms with E-state index >= 15 is 0 Å². The Bertz CT molecular complexity index is 450. The molecule has 3 N–H and O–H groups in total. The van der Waals surface area contributed by atoms with Gasteiger partial charge in [0.2, 0.25) is 0 Å². The lowest BCUT2D eigenvalue weighted by Gasteiger charge is -2.21. The highest BCUT2D eigenvalue weighted by Crippen LogP contribution is 2.26. The van der Waals surface area contributed by atoms with Gasteiger partial charge in [-0.05, 0) is 49.3 Å². The number of hydrogen-bond acceptors (Lipinski definition) is 3. The Labute approximate surface area is 118 Å². The number of anilines is 1. The predicted molar refractivity (Wildman–Crippen MR) is 79.8 cm³/mol. The van der Waals surface area contributed by atoms with Crippen LogP contribution < -0.4 is 10.6 Å². The molecule has 5 heteroatoms. The molecule has 1 saturated heterocycles. The van der Waals surface area contributed by atoms with Gasteiger partial charge in [-0.15, -0.1) is 0 Å². The summed E-state index contributed by atoms with van der Waals surface area (Å²) in [6.45, 7) is 4.29. The Morgan fingerprint density at radius 1 is 1.37 bits per heavy atom. The molecule has 1 aromatic carbocycles. The number of aliphatic hydroxyl groups is 1. The maximum atomic E-state index is 11.8. The number of urea groups is 1. The molecular formula is C14H20N2O2S. The highest BCUT2D eigenvalue weighted by Gasteiger charge is 2.31. The Morgan fingerprint density at radius 2 is 2.05 bits per heavy atom. The maximum absolute atomic E-state index is 11.8. The summed E-state index contributed by atoms with van der Waals surface area (Å²) < 4.78 is 0. The first-order valence-corrected chi connectivity index (χ1v) is 7.56. The van der Waals surface area contributed by atoms with Crippen LogP contribution in [0.5, 0.6) is 0 Å². The molecule has 1 heterocycles. The summed E-state index contributed by atoms with van der Waals surface area (Å²) in [5.74, 6) is 1.65. The maximum Gasteiger partial charge on any atom is 0.319 e. The van der Waals surface area contributed by atoms with E-state index in [-0.39, 0.29) is 6.03 Å². The van der Waals surface area contributed by atoms with Crippen LogP contribution in [0.2, 0.25) is 0 Å². The summed E-state index contributed by atoms with van der Waals surface area (Å²) in [5.41, 5.74) is 2.26. The standard InChI is InChI=1S/C14H20N2O2S/c1-10-5-11(2)7-12(6-10)16-13(17)15-8-14(18)3-4-19-9-14/h5-7,18H,3-4,8-9H2,1-2H3,(H2,15,16,17). The number of carbonyl (C=O) groups excluding carboxylic acids is 1. The summed E-state index contributed by atoms with van der Waals surface area (Å²) >= 11 is 1.72. The summed E-state index contributed by atoms with van der Waals surface area (Å²) in [6.07, 6.45) is 0.738. The van der Waals surface area contributed by atoms with E-state index in [1.807, 2.05) is 26.0 Å². The average molecular weight is 280 g/mol. The fourth-order valence-electron chi connectivity index (χ4n) is 2.20. The van der Waals surface area contributed by atoms with Crippen molar-refractivity contribution < 1.29 is 9.90 Å². The van der Waals surface area contributed by atoms with Gasteiger partial charge in [0.25, 0.3) is 0 Å². The molecule has 1 aliphatic rings. The molecule has 104 valence electrons. The highest BCUT2D eigenvalue weighted by molar-refractivity contribution is 7.99. The lowest BCUT2D eigenvalue weighted by atomic mass is 10.0. The lowest BCUT2D eigenvalue weighted by Crippen LogP contribution is -2.44. The molecule has 2 rings (SSSR count). The van der Waals surface area contributed by atoms with Crippen LogP contribution in [0, 0.1) is 13.8 Å². The fourth-order valence-corrected chi connectivity index (χ4v) is 3.50. The van der Waals surface area contributed by atoms with E-state index in [2.05, 4.69) is 16.7 Å². The van der Waals surface area contributed by atoms with Crippen molar-refractivity contribution in [3.8, 4) is 0 Å². The number of carbonyl (C=O) groups is 1. The minimum atomic E-state index is -0.746. The van der Waals surface area contributed by atoms with Crippen molar-refractivity contribution in [1.29, 1.82) is 0 Å². The van der Waals surface area contributed by atoms with Crippen LogP contribution >= 0.6 is 11.8 Å². The minimum absolute atomic E-state index is 0.268. The van der Waals surface area contributed by atoms with Crippen molar-refractivity contribution in [3.05, 3.63) is 29.3 Å². The Hall–Kier alpha value is -1.20. The highest BCUT2D eigenvalue weighted by atomic mass is 32.2. The molecule has 1 fully saturated rings. The zero-order chi connectivity index (χ0) is 13.9. The van der Waals surface area contributed by atoms with Crippen LogP contribution in [0.4, 0.5) is 10.5 Å². The van der Waals surface area contributed by atoms with E-state index in [4.69, 9.17) is 0 Å². The van der Waals surface area contributed by atoms with Crippen LogP contribution in [0.15, 0.2) is 18.2 Å². The molecule has 1 atom stereocenters. The molecule has 1 aliphatic heterocycles. The van der Waals surface area contributed by atoms with Crippen LogP contribution in [0.3, 0.4) is 0 Å². The topological polar surface area (TPSA) is 61.4 Å². The quantitative estimate of drug-likeness (QED) is 0.796. The summed E-state index contributed by atoms with van der Waals surface area (Å²) in [7, 11) is 0. The molecule has 0 bridgehead atoms. The molecule has 0 spiro atoms. The predicted octanol–water partition coefficient (Wildman–Crippen LogP) is 2.29. The zero-order valence-electron chi connectivity index (χ0n) is 11.3. The first kappa shape index (κ1) is 14.2. The number of aryl methyl sites for hydroxylation is 2. The Kier molecular flexibility index (Phi) is 4.37. The van der Waals surface area contributed by atoms with Gasteiger partial charge in [-0.2, -0.15) is 11.8 Å². The molecule has 0 aromatic heterocycles. The largest absolute Gasteiger partial charge is 0.387 e. The van der Waals surface area contributed by atoms with Crippen molar-refractivity contribution in [2.45, 2.75) is 25.9 Å². The SMILES string of the molecule is Cc1cc(C)cc(NC(=O)NCC2(O)CCSC2)c1. The third-order valence-corrected chi connectivity index (χ3v) is 4.37. The van der Waals surface area contributed by atoms with E-state index in [9.17, 15) is 9.90 Å². The number of hydrogen-bond donors (Lipinski definition) is 3. The van der Waals surface area contributed by atoms with Crippen molar-refractivity contribution in [3.63, 3.8) is 0 Å². The van der Waals surface area contributed by atoms with E-state index in [0.29, 0.717) is 12.3 Å². The van der Waals surface area contributed by atoms with Gasteiger partial charge in [-0.25, -0.2) is 4.79 Å². The second-order valence-corrected chi connectivity index (χ2v) is 6.32. The molecule has 2 amide bonds. The summed E-state index contributed by atoms with van der Waals surface area (Å²) in [6, 6.07) is 5.64. The minimum Gasteiger partial charge on any atom is -0.387 e. The second-order valence-electron chi connectivity index (χ2n) is 5.21. The van der Waals surface area contributed by atoms with E-state index in [0.717, 1.165) is 29.0 Å². The summed E-state index contributed by atoms with van der Waals surface area (Å²) in [4.78, 5) is 11.8. The van der Waals surface area contributed by atoms with Gasteiger partial charge in [0, 0.05) is 18.0 Å². The van der Waals surface area contributed by atoms with Crippen LogP contribution in [-0.2, 0) is 0 Å². The van der Waals surface area contributed by atoms with Crippen molar-refractivity contribution in [2.24, 2.45) is 0 Å². The normalized spacial score (nSPS) is 22.3. The zero-order valence-corrected chi connectivity index (χ0v) is 12.1. The smallest absolute Gasteiger partial charge is 0.319 e. The molecule has 4 nitrogen and oxygen atoms in total.